The van der Waals surface area contributed by atoms with E-state index in [9.17, 15) is 19.5 Å². The van der Waals surface area contributed by atoms with E-state index in [1.165, 1.54) is 0 Å². The second-order valence-electron chi connectivity index (χ2n) is 12.8. The van der Waals surface area contributed by atoms with Crippen molar-refractivity contribution < 1.29 is 19.5 Å². The molecule has 0 radical (unpaired) electrons. The minimum Gasteiger partial charge on any atom is -0.393 e. The Hall–Kier alpha value is -1.55. The Labute approximate surface area is 205 Å². The van der Waals surface area contributed by atoms with Gasteiger partial charge in [-0.05, 0) is 80.5 Å². The summed E-state index contributed by atoms with van der Waals surface area (Å²) in [7, 11) is 0. The largest absolute Gasteiger partial charge is 0.393 e. The third-order valence-corrected chi connectivity index (χ3v) is 11.0. The first-order valence-corrected chi connectivity index (χ1v) is 13.5. The van der Waals surface area contributed by atoms with Crippen LogP contribution in [-0.2, 0) is 14.4 Å². The van der Waals surface area contributed by atoms with Crippen molar-refractivity contribution in [3.8, 4) is 0 Å². The van der Waals surface area contributed by atoms with Gasteiger partial charge in [0.05, 0.1) is 6.10 Å². The van der Waals surface area contributed by atoms with E-state index < -0.39 is 0 Å². The maximum absolute atomic E-state index is 13.8. The van der Waals surface area contributed by atoms with Crippen molar-refractivity contribution >= 4 is 17.3 Å². The molecule has 4 unspecified atom stereocenters. The van der Waals surface area contributed by atoms with Crippen molar-refractivity contribution in [2.45, 2.75) is 99.0 Å². The number of Topliss-reactive ketones (excluding diaryl/α,β-unsaturated/α-hetero) is 3. The zero-order valence-corrected chi connectivity index (χ0v) is 22.1. The second-order valence-corrected chi connectivity index (χ2v) is 12.8. The zero-order chi connectivity index (χ0) is 25.2. The van der Waals surface area contributed by atoms with Gasteiger partial charge >= 0.3 is 0 Å². The van der Waals surface area contributed by atoms with Crippen LogP contribution in [0.25, 0.3) is 0 Å². The minimum atomic E-state index is -0.380. The van der Waals surface area contributed by atoms with Crippen molar-refractivity contribution in [2.75, 3.05) is 0 Å². The summed E-state index contributed by atoms with van der Waals surface area (Å²) in [5, 5.41) is 10.5. The van der Waals surface area contributed by atoms with E-state index in [2.05, 4.69) is 34.3 Å². The van der Waals surface area contributed by atoms with E-state index in [1.54, 1.807) is 6.92 Å². The summed E-state index contributed by atoms with van der Waals surface area (Å²) in [6.07, 6.45) is 5.94. The first-order chi connectivity index (χ1) is 15.8. The van der Waals surface area contributed by atoms with Gasteiger partial charge in [0.25, 0.3) is 0 Å². The molecular formula is C30H44O4. The van der Waals surface area contributed by atoms with Crippen LogP contribution in [0.3, 0.4) is 0 Å². The zero-order valence-electron chi connectivity index (χ0n) is 22.1. The van der Waals surface area contributed by atoms with Crippen LogP contribution in [0.5, 0.6) is 0 Å². The Bertz CT molecular complexity index is 943. The summed E-state index contributed by atoms with van der Waals surface area (Å²) in [5.41, 5.74) is 2.24. The van der Waals surface area contributed by atoms with Crippen molar-refractivity contribution in [3.05, 3.63) is 23.3 Å². The standard InChI is InChI=1S/C30H44O4/c1-16(18(3)20(5)31)8-9-17(2)21-10-11-22-27-25(33)14-23-19(4)24(32)12-13-29(23,6)28(27)26(34)15-30(21,22)7/h17-19,21-24,32H,1,8-15H2,2-7H3/t17-,18?,19+,21?,22?,23?,24+,29+,30-/m1/s1. The van der Waals surface area contributed by atoms with Gasteiger partial charge in [0.15, 0.2) is 11.6 Å². The Morgan fingerprint density at radius 3 is 2.47 bits per heavy atom. The third kappa shape index (κ3) is 3.79. The fourth-order valence-corrected chi connectivity index (χ4v) is 8.54. The Morgan fingerprint density at radius 2 is 1.82 bits per heavy atom. The first-order valence-electron chi connectivity index (χ1n) is 13.5. The molecule has 0 spiro atoms. The highest BCUT2D eigenvalue weighted by Crippen LogP contribution is 2.65. The molecule has 0 bridgehead atoms. The average molecular weight is 469 g/mol. The molecule has 4 nitrogen and oxygen atoms in total. The number of hydrogen-bond donors (Lipinski definition) is 1. The van der Waals surface area contributed by atoms with Crippen molar-refractivity contribution in [3.63, 3.8) is 0 Å². The van der Waals surface area contributed by atoms with Crippen LogP contribution in [0.4, 0.5) is 0 Å². The molecule has 2 fully saturated rings. The molecule has 34 heavy (non-hydrogen) atoms. The van der Waals surface area contributed by atoms with E-state index in [0.717, 1.165) is 48.8 Å². The molecule has 4 heteroatoms. The summed E-state index contributed by atoms with van der Waals surface area (Å²) >= 11 is 0. The van der Waals surface area contributed by atoms with Gasteiger partial charge in [0.1, 0.15) is 5.78 Å². The number of allylic oxidation sites excluding steroid dienone is 3. The normalized spacial score (nSPS) is 41.4. The summed E-state index contributed by atoms with van der Waals surface area (Å²) in [6, 6.07) is 0. The number of carbonyl (C=O) groups is 3. The molecule has 0 aliphatic heterocycles. The molecule has 4 rings (SSSR count). The Balaban J connectivity index is 1.61. The molecule has 0 aromatic rings. The van der Waals surface area contributed by atoms with Gasteiger partial charge in [-0.25, -0.2) is 0 Å². The average Bonchev–Trinajstić information content (AvgIpc) is 3.11. The molecule has 0 aromatic heterocycles. The number of rotatable bonds is 6. The van der Waals surface area contributed by atoms with Gasteiger partial charge in [0, 0.05) is 35.3 Å². The lowest BCUT2D eigenvalue weighted by atomic mass is 9.48. The molecule has 188 valence electrons. The smallest absolute Gasteiger partial charge is 0.160 e. The molecule has 0 amide bonds. The minimum absolute atomic E-state index is 0.0414. The predicted octanol–water partition coefficient (Wildman–Crippen LogP) is 5.87. The van der Waals surface area contributed by atoms with Gasteiger partial charge in [-0.3, -0.25) is 14.4 Å². The monoisotopic (exact) mass is 468 g/mol. The highest BCUT2D eigenvalue weighted by Gasteiger charge is 2.61. The van der Waals surface area contributed by atoms with Gasteiger partial charge in [0.2, 0.25) is 0 Å². The number of aliphatic hydroxyl groups is 1. The fraction of sp³-hybridized carbons (Fsp3) is 0.767. The molecule has 1 N–H and O–H groups in total. The molecule has 0 saturated heterocycles. The number of carbonyl (C=O) groups excluding carboxylic acids is 3. The number of ketones is 3. The van der Waals surface area contributed by atoms with Crippen LogP contribution in [0.2, 0.25) is 0 Å². The van der Waals surface area contributed by atoms with Gasteiger partial charge in [-0.1, -0.05) is 46.8 Å². The van der Waals surface area contributed by atoms with Crippen LogP contribution >= 0.6 is 0 Å². The lowest BCUT2D eigenvalue weighted by Crippen LogP contribution is -2.53. The van der Waals surface area contributed by atoms with E-state index in [1.807, 2.05) is 6.92 Å². The summed E-state index contributed by atoms with van der Waals surface area (Å²) < 4.78 is 0. The van der Waals surface area contributed by atoms with Crippen LogP contribution in [0.1, 0.15) is 92.9 Å². The van der Waals surface area contributed by atoms with Crippen LogP contribution in [0, 0.1) is 46.3 Å². The molecule has 0 aromatic carbocycles. The third-order valence-electron chi connectivity index (χ3n) is 11.0. The maximum atomic E-state index is 13.8. The van der Waals surface area contributed by atoms with Crippen LogP contribution < -0.4 is 0 Å². The topological polar surface area (TPSA) is 71.4 Å². The SMILES string of the molecule is C=C(CC[C@@H](C)C1CCC2C3=C(C(=O)C[C@@]21C)[C@@]1(C)CC[C@H](O)[C@@H](C)C1CC3=O)C(C)C(C)=O. The number of aliphatic hydroxyl groups excluding tert-OH is 1. The molecule has 2 saturated carbocycles. The summed E-state index contributed by atoms with van der Waals surface area (Å²) in [6.45, 7) is 16.5. The van der Waals surface area contributed by atoms with E-state index >= 15 is 0 Å². The highest BCUT2D eigenvalue weighted by atomic mass is 16.3. The Kier molecular flexibility index (Phi) is 6.64. The van der Waals surface area contributed by atoms with Crippen molar-refractivity contribution in [1.82, 2.24) is 0 Å². The van der Waals surface area contributed by atoms with Gasteiger partial charge in [-0.15, -0.1) is 0 Å². The summed E-state index contributed by atoms with van der Waals surface area (Å²) in [4.78, 5) is 39.2. The van der Waals surface area contributed by atoms with E-state index in [4.69, 9.17) is 0 Å². The molecule has 9 atom stereocenters. The molecule has 4 aliphatic carbocycles. The lowest BCUT2D eigenvalue weighted by Gasteiger charge is -2.55. The lowest BCUT2D eigenvalue weighted by molar-refractivity contribution is -0.132. The maximum Gasteiger partial charge on any atom is 0.160 e. The molecule has 4 aliphatic rings. The first kappa shape index (κ1) is 25.5. The predicted molar refractivity (Wildman–Crippen MR) is 134 cm³/mol. The molecule has 0 heterocycles. The quantitative estimate of drug-likeness (QED) is 0.495. The van der Waals surface area contributed by atoms with Crippen LogP contribution in [-0.4, -0.2) is 28.6 Å². The van der Waals surface area contributed by atoms with Gasteiger partial charge < -0.3 is 5.11 Å². The Morgan fingerprint density at radius 1 is 1.15 bits per heavy atom. The van der Waals surface area contributed by atoms with Crippen molar-refractivity contribution in [2.24, 2.45) is 46.3 Å². The number of hydrogen-bond acceptors (Lipinski definition) is 4. The van der Waals surface area contributed by atoms with Crippen LogP contribution in [0.15, 0.2) is 23.3 Å². The summed E-state index contributed by atoms with van der Waals surface area (Å²) in [5.74, 6) is 1.48. The second kappa shape index (κ2) is 8.84. The highest BCUT2D eigenvalue weighted by molar-refractivity contribution is 6.10. The molecular weight excluding hydrogens is 424 g/mol. The van der Waals surface area contributed by atoms with Gasteiger partial charge in [-0.2, -0.15) is 0 Å². The fourth-order valence-electron chi connectivity index (χ4n) is 8.54. The van der Waals surface area contributed by atoms with E-state index in [0.29, 0.717) is 31.1 Å². The van der Waals surface area contributed by atoms with Crippen molar-refractivity contribution in [1.29, 1.82) is 0 Å². The number of fused-ring (bicyclic) bond motifs is 4. The van der Waals surface area contributed by atoms with E-state index in [-0.39, 0.29) is 58.0 Å².